The minimum absolute atomic E-state index is 0.311. The second-order valence-corrected chi connectivity index (χ2v) is 7.82. The monoisotopic (exact) mass is 386 g/mol. The maximum absolute atomic E-state index is 5.54. The van der Waals surface area contributed by atoms with Crippen LogP contribution in [0.15, 0.2) is 46.8 Å². The number of nitrogens with one attached hydrogen (secondary N) is 2. The van der Waals surface area contributed by atoms with Gasteiger partial charge in [-0.25, -0.2) is 0 Å². The number of hydrogen-bond donors (Lipinski definition) is 2. The van der Waals surface area contributed by atoms with Crippen LogP contribution in [0.1, 0.15) is 22.0 Å². The van der Waals surface area contributed by atoms with Crippen LogP contribution in [0.25, 0.3) is 0 Å². The lowest BCUT2D eigenvalue weighted by Crippen LogP contribution is -2.46. The number of morpholine rings is 1. The van der Waals surface area contributed by atoms with Crippen molar-refractivity contribution < 1.29 is 4.74 Å². The normalized spacial score (nSPS) is 16.9. The lowest BCUT2D eigenvalue weighted by atomic mass is 10.0. The van der Waals surface area contributed by atoms with E-state index in [-0.39, 0.29) is 0 Å². The van der Waals surface area contributed by atoms with E-state index in [0.29, 0.717) is 6.04 Å². The van der Waals surface area contributed by atoms with E-state index in [9.17, 15) is 0 Å². The van der Waals surface area contributed by atoms with Crippen LogP contribution in [0.5, 0.6) is 0 Å². The van der Waals surface area contributed by atoms with Gasteiger partial charge in [-0.05, 0) is 30.4 Å². The van der Waals surface area contributed by atoms with E-state index in [4.69, 9.17) is 4.74 Å². The molecule has 1 aliphatic rings. The Balaban J connectivity index is 1.57. The fourth-order valence-electron chi connectivity index (χ4n) is 3.31. The highest BCUT2D eigenvalue weighted by Crippen LogP contribution is 2.21. The Kier molecular flexibility index (Phi) is 7.68. The van der Waals surface area contributed by atoms with Crippen molar-refractivity contribution in [3.63, 3.8) is 0 Å². The molecule has 27 heavy (non-hydrogen) atoms. The Morgan fingerprint density at radius 2 is 1.96 bits per heavy atom. The van der Waals surface area contributed by atoms with Gasteiger partial charge in [-0.1, -0.05) is 35.9 Å². The van der Waals surface area contributed by atoms with Crippen molar-refractivity contribution >= 4 is 17.3 Å². The molecule has 0 aliphatic carbocycles. The van der Waals surface area contributed by atoms with Crippen LogP contribution in [0.2, 0.25) is 0 Å². The van der Waals surface area contributed by atoms with Gasteiger partial charge in [-0.2, -0.15) is 0 Å². The van der Waals surface area contributed by atoms with E-state index in [0.717, 1.165) is 51.8 Å². The van der Waals surface area contributed by atoms with Crippen molar-refractivity contribution in [1.82, 2.24) is 15.5 Å². The second-order valence-electron chi connectivity index (χ2n) is 6.78. The summed E-state index contributed by atoms with van der Waals surface area (Å²) in [6.07, 6.45) is 1.02. The number of aryl methyl sites for hydroxylation is 1. The van der Waals surface area contributed by atoms with Crippen LogP contribution in [0.3, 0.4) is 0 Å². The summed E-state index contributed by atoms with van der Waals surface area (Å²) in [6.45, 7) is 7.36. The number of ether oxygens (including phenoxy) is 1. The average molecular weight is 387 g/mol. The first-order valence-corrected chi connectivity index (χ1v) is 10.5. The van der Waals surface area contributed by atoms with Crippen molar-refractivity contribution in [3.8, 4) is 0 Å². The molecule has 6 heteroatoms. The van der Waals surface area contributed by atoms with E-state index in [1.165, 1.54) is 16.0 Å². The summed E-state index contributed by atoms with van der Waals surface area (Å²) in [4.78, 5) is 8.28. The lowest BCUT2D eigenvalue weighted by molar-refractivity contribution is 0.0170. The van der Waals surface area contributed by atoms with Crippen LogP contribution >= 0.6 is 11.3 Å². The van der Waals surface area contributed by atoms with Gasteiger partial charge in [0.1, 0.15) is 0 Å². The highest BCUT2D eigenvalue weighted by molar-refractivity contribution is 7.09. The van der Waals surface area contributed by atoms with Crippen LogP contribution in [0, 0.1) is 6.92 Å². The molecule has 1 atom stereocenters. The largest absolute Gasteiger partial charge is 0.379 e. The number of guanidine groups is 1. The molecule has 1 aliphatic heterocycles. The van der Waals surface area contributed by atoms with Gasteiger partial charge in [0.25, 0.3) is 0 Å². The summed E-state index contributed by atoms with van der Waals surface area (Å²) < 4.78 is 5.54. The van der Waals surface area contributed by atoms with E-state index in [1.807, 2.05) is 7.05 Å². The molecule has 0 bridgehead atoms. The molecule has 5 nitrogen and oxygen atoms in total. The Morgan fingerprint density at radius 3 is 2.63 bits per heavy atom. The number of benzene rings is 1. The lowest BCUT2D eigenvalue weighted by Gasteiger charge is -2.35. The molecule has 0 radical (unpaired) electrons. The van der Waals surface area contributed by atoms with Crippen LogP contribution in [0.4, 0.5) is 0 Å². The minimum Gasteiger partial charge on any atom is -0.379 e. The van der Waals surface area contributed by atoms with Crippen LogP contribution in [-0.4, -0.2) is 57.3 Å². The SMILES string of the molecule is CN=C(NCCc1cccs1)NCC(c1ccc(C)cc1)N1CCOCC1. The van der Waals surface area contributed by atoms with Crippen LogP contribution < -0.4 is 10.6 Å². The Labute approximate surface area is 166 Å². The number of thiophene rings is 1. The fraction of sp³-hybridized carbons (Fsp3) is 0.476. The van der Waals surface area contributed by atoms with Crippen molar-refractivity contribution in [2.24, 2.45) is 4.99 Å². The maximum atomic E-state index is 5.54. The Morgan fingerprint density at radius 1 is 1.19 bits per heavy atom. The van der Waals surface area contributed by atoms with E-state index < -0.39 is 0 Å². The summed E-state index contributed by atoms with van der Waals surface area (Å²) in [5.74, 6) is 0.858. The Bertz CT molecular complexity index is 693. The van der Waals surface area contributed by atoms with Gasteiger partial charge in [0, 0.05) is 38.1 Å². The fourth-order valence-corrected chi connectivity index (χ4v) is 4.02. The zero-order chi connectivity index (χ0) is 18.9. The molecule has 1 aromatic heterocycles. The predicted molar refractivity (Wildman–Crippen MR) is 114 cm³/mol. The molecule has 3 rings (SSSR count). The molecule has 0 saturated carbocycles. The minimum atomic E-state index is 0.311. The Hall–Kier alpha value is -1.89. The molecule has 1 unspecified atom stereocenters. The number of aliphatic imine (C=N–C) groups is 1. The van der Waals surface area contributed by atoms with Crippen molar-refractivity contribution in [2.75, 3.05) is 46.4 Å². The van der Waals surface area contributed by atoms with Crippen molar-refractivity contribution in [2.45, 2.75) is 19.4 Å². The third-order valence-electron chi connectivity index (χ3n) is 4.88. The molecule has 1 aromatic carbocycles. The molecule has 146 valence electrons. The van der Waals surface area contributed by atoms with Gasteiger partial charge in [0.05, 0.1) is 19.3 Å². The molecule has 1 fully saturated rings. The zero-order valence-electron chi connectivity index (χ0n) is 16.3. The zero-order valence-corrected chi connectivity index (χ0v) is 17.1. The average Bonchev–Trinajstić information content (AvgIpc) is 3.22. The number of nitrogens with zero attached hydrogens (tertiary/aromatic N) is 2. The molecule has 0 amide bonds. The molecule has 2 heterocycles. The summed E-state index contributed by atoms with van der Waals surface area (Å²) in [5.41, 5.74) is 2.63. The van der Waals surface area contributed by atoms with E-state index >= 15 is 0 Å². The molecular formula is C21H30N4OS. The second kappa shape index (κ2) is 10.4. The molecule has 0 spiro atoms. The first kappa shape index (κ1) is 19.9. The number of rotatable bonds is 7. The quantitative estimate of drug-likeness (QED) is 0.568. The van der Waals surface area contributed by atoms with E-state index in [1.54, 1.807) is 11.3 Å². The van der Waals surface area contributed by atoms with Gasteiger partial charge in [0.2, 0.25) is 0 Å². The summed E-state index contributed by atoms with van der Waals surface area (Å²) in [5, 5.41) is 9.07. The summed E-state index contributed by atoms with van der Waals surface area (Å²) >= 11 is 1.80. The molecular weight excluding hydrogens is 356 g/mol. The van der Waals surface area contributed by atoms with Gasteiger partial charge in [0.15, 0.2) is 5.96 Å². The van der Waals surface area contributed by atoms with E-state index in [2.05, 4.69) is 69.2 Å². The molecule has 2 aromatic rings. The molecule has 1 saturated heterocycles. The smallest absolute Gasteiger partial charge is 0.191 e. The van der Waals surface area contributed by atoms with Crippen LogP contribution in [-0.2, 0) is 11.2 Å². The summed E-state index contributed by atoms with van der Waals surface area (Å²) in [6, 6.07) is 13.4. The number of hydrogen-bond acceptors (Lipinski definition) is 4. The maximum Gasteiger partial charge on any atom is 0.191 e. The van der Waals surface area contributed by atoms with Crippen molar-refractivity contribution in [1.29, 1.82) is 0 Å². The van der Waals surface area contributed by atoms with Gasteiger partial charge >= 0.3 is 0 Å². The third kappa shape index (κ3) is 6.06. The highest BCUT2D eigenvalue weighted by atomic mass is 32.1. The molecule has 2 N–H and O–H groups in total. The van der Waals surface area contributed by atoms with Gasteiger partial charge < -0.3 is 15.4 Å². The predicted octanol–water partition coefficient (Wildman–Crippen LogP) is 2.84. The standard InChI is InChI=1S/C21H30N4OS/c1-17-5-7-18(8-6-17)20(25-11-13-26-14-12-25)16-24-21(22-2)23-10-9-19-4-3-15-27-19/h3-8,15,20H,9-14,16H2,1-2H3,(H2,22,23,24). The van der Waals surface area contributed by atoms with Crippen molar-refractivity contribution in [3.05, 3.63) is 57.8 Å². The van der Waals surface area contributed by atoms with Gasteiger partial charge in [-0.3, -0.25) is 9.89 Å². The topological polar surface area (TPSA) is 48.9 Å². The third-order valence-corrected chi connectivity index (χ3v) is 5.82. The van der Waals surface area contributed by atoms with Gasteiger partial charge in [-0.15, -0.1) is 11.3 Å². The summed E-state index contributed by atoms with van der Waals surface area (Å²) in [7, 11) is 1.83. The highest BCUT2D eigenvalue weighted by Gasteiger charge is 2.22. The first-order chi connectivity index (χ1) is 13.3. The first-order valence-electron chi connectivity index (χ1n) is 9.61.